The Hall–Kier alpha value is -2.37. The van der Waals surface area contributed by atoms with Gasteiger partial charge in [0.25, 0.3) is 0 Å². The normalized spacial score (nSPS) is 10.6. The molecule has 0 saturated carbocycles. The van der Waals surface area contributed by atoms with E-state index in [4.69, 9.17) is 4.52 Å². The van der Waals surface area contributed by atoms with Crippen molar-refractivity contribution in [2.24, 2.45) is 0 Å². The van der Waals surface area contributed by atoms with E-state index in [9.17, 15) is 4.79 Å². The van der Waals surface area contributed by atoms with Crippen LogP contribution in [0.25, 0.3) is 0 Å². The van der Waals surface area contributed by atoms with Crippen LogP contribution in [0.15, 0.2) is 22.7 Å². The summed E-state index contributed by atoms with van der Waals surface area (Å²) in [7, 11) is 0. The molecule has 1 aromatic heterocycles. The van der Waals surface area contributed by atoms with E-state index < -0.39 is 0 Å². The Morgan fingerprint density at radius 1 is 1.04 bits per heavy atom. The maximum atomic E-state index is 11.7. The lowest BCUT2D eigenvalue weighted by Gasteiger charge is -2.08. The van der Waals surface area contributed by atoms with Gasteiger partial charge in [-0.15, -0.1) is 0 Å². The largest absolute Gasteiger partial charge is 0.339 e. The van der Waals surface area contributed by atoms with E-state index in [2.05, 4.69) is 52.8 Å². The van der Waals surface area contributed by atoms with E-state index in [0.717, 1.165) is 12.8 Å². The van der Waals surface area contributed by atoms with Gasteiger partial charge in [0.15, 0.2) is 5.82 Å². The molecule has 1 aromatic carbocycles. The maximum absolute atomic E-state index is 11.7. The molecular weight excluding hydrogens is 292 g/mol. The summed E-state index contributed by atoms with van der Waals surface area (Å²) >= 11 is 0. The Balaban J connectivity index is 1.59. The fourth-order valence-electron chi connectivity index (χ4n) is 2.48. The predicted molar refractivity (Wildman–Crippen MR) is 88.4 cm³/mol. The van der Waals surface area contributed by atoms with Crippen LogP contribution in [0.4, 0.5) is 4.79 Å². The smallest absolute Gasteiger partial charge is 0.314 e. The Labute approximate surface area is 136 Å². The fraction of sp³-hybridized carbons (Fsp3) is 0.471. The topological polar surface area (TPSA) is 80.0 Å². The third-order valence-corrected chi connectivity index (χ3v) is 3.40. The number of hydrogen-bond acceptors (Lipinski definition) is 4. The highest BCUT2D eigenvalue weighted by atomic mass is 16.5. The highest BCUT2D eigenvalue weighted by Gasteiger charge is 2.04. The molecule has 0 aliphatic carbocycles. The number of hydrogen-bond donors (Lipinski definition) is 2. The molecule has 0 aliphatic rings. The van der Waals surface area contributed by atoms with Gasteiger partial charge in [0.05, 0.1) is 0 Å². The maximum Gasteiger partial charge on any atom is 0.314 e. The summed E-state index contributed by atoms with van der Waals surface area (Å²) in [5, 5.41) is 9.43. The first-order chi connectivity index (χ1) is 11.0. The molecule has 0 bridgehead atoms. The fourth-order valence-corrected chi connectivity index (χ4v) is 2.48. The Morgan fingerprint density at radius 3 is 2.39 bits per heavy atom. The first kappa shape index (κ1) is 17.0. The number of aromatic nitrogens is 2. The highest BCUT2D eigenvalue weighted by molar-refractivity contribution is 5.73. The minimum atomic E-state index is -0.143. The first-order valence-electron chi connectivity index (χ1n) is 7.91. The van der Waals surface area contributed by atoms with Crippen molar-refractivity contribution in [2.75, 3.05) is 13.1 Å². The highest BCUT2D eigenvalue weighted by Crippen LogP contribution is 2.08. The molecule has 6 heteroatoms. The second kappa shape index (κ2) is 8.31. The van der Waals surface area contributed by atoms with Gasteiger partial charge in [0.1, 0.15) is 0 Å². The summed E-state index contributed by atoms with van der Waals surface area (Å²) in [6, 6.07) is 6.31. The summed E-state index contributed by atoms with van der Waals surface area (Å²) in [6.45, 7) is 7.16. The van der Waals surface area contributed by atoms with E-state index in [0.29, 0.717) is 31.2 Å². The lowest BCUT2D eigenvalue weighted by atomic mass is 10.1. The van der Waals surface area contributed by atoms with Gasteiger partial charge in [-0.05, 0) is 39.2 Å². The van der Waals surface area contributed by atoms with Crippen molar-refractivity contribution >= 4 is 6.03 Å². The lowest BCUT2D eigenvalue weighted by molar-refractivity contribution is 0.240. The number of rotatable bonds is 7. The molecule has 124 valence electrons. The molecule has 0 radical (unpaired) electrons. The molecule has 23 heavy (non-hydrogen) atoms. The molecule has 2 rings (SSSR count). The molecule has 6 nitrogen and oxygen atoms in total. The monoisotopic (exact) mass is 316 g/mol. The number of carbonyl (C=O) groups excluding carboxylic acids is 1. The lowest BCUT2D eigenvalue weighted by Crippen LogP contribution is -2.37. The summed E-state index contributed by atoms with van der Waals surface area (Å²) in [6.07, 6.45) is 2.27. The standard InChI is InChI=1S/C17H24N4O2/c1-12-9-13(2)11-15(10-12)6-8-19-17(22)18-7-4-5-16-20-14(3)21-23-16/h9-11H,4-8H2,1-3H3,(H2,18,19,22). The van der Waals surface area contributed by atoms with Crippen molar-refractivity contribution in [3.63, 3.8) is 0 Å². The zero-order valence-corrected chi connectivity index (χ0v) is 14.0. The van der Waals surface area contributed by atoms with E-state index in [-0.39, 0.29) is 6.03 Å². The third-order valence-electron chi connectivity index (χ3n) is 3.40. The predicted octanol–water partition coefficient (Wildman–Crippen LogP) is 2.47. The van der Waals surface area contributed by atoms with E-state index in [1.165, 1.54) is 16.7 Å². The second-order valence-corrected chi connectivity index (χ2v) is 5.77. The minimum Gasteiger partial charge on any atom is -0.339 e. The Morgan fingerprint density at radius 2 is 1.74 bits per heavy atom. The number of nitrogens with one attached hydrogen (secondary N) is 2. The Kier molecular flexibility index (Phi) is 6.14. The quantitative estimate of drug-likeness (QED) is 0.769. The molecule has 0 aliphatic heterocycles. The van der Waals surface area contributed by atoms with Gasteiger partial charge in [-0.2, -0.15) is 4.98 Å². The third kappa shape index (κ3) is 6.10. The van der Waals surface area contributed by atoms with Gasteiger partial charge in [0.2, 0.25) is 5.89 Å². The van der Waals surface area contributed by atoms with Crippen molar-refractivity contribution in [1.29, 1.82) is 0 Å². The second-order valence-electron chi connectivity index (χ2n) is 5.77. The number of urea groups is 1. The van der Waals surface area contributed by atoms with Crippen LogP contribution in [0.3, 0.4) is 0 Å². The van der Waals surface area contributed by atoms with Gasteiger partial charge in [-0.25, -0.2) is 4.79 Å². The molecule has 0 spiro atoms. The van der Waals surface area contributed by atoms with Gasteiger partial charge in [0, 0.05) is 19.5 Å². The van der Waals surface area contributed by atoms with E-state index in [1.54, 1.807) is 6.92 Å². The van der Waals surface area contributed by atoms with Crippen molar-refractivity contribution in [3.05, 3.63) is 46.6 Å². The summed E-state index contributed by atoms with van der Waals surface area (Å²) < 4.78 is 5.02. The van der Waals surface area contributed by atoms with E-state index in [1.807, 2.05) is 0 Å². The number of nitrogens with zero attached hydrogens (tertiary/aromatic N) is 2. The van der Waals surface area contributed by atoms with E-state index >= 15 is 0 Å². The molecule has 0 fully saturated rings. The van der Waals surface area contributed by atoms with Crippen LogP contribution in [0.1, 0.15) is 34.8 Å². The summed E-state index contributed by atoms with van der Waals surface area (Å²) in [5.74, 6) is 1.25. The SMILES string of the molecule is Cc1cc(C)cc(CCNC(=O)NCCCc2nc(C)no2)c1. The number of carbonyl (C=O) groups is 1. The molecule has 0 unspecified atom stereocenters. The molecule has 1 heterocycles. The van der Waals surface area contributed by atoms with Crippen molar-refractivity contribution in [1.82, 2.24) is 20.8 Å². The average molecular weight is 316 g/mol. The Bertz CT molecular complexity index is 632. The minimum absolute atomic E-state index is 0.143. The number of benzene rings is 1. The van der Waals surface area contributed by atoms with Crippen LogP contribution in [-0.4, -0.2) is 29.3 Å². The van der Waals surface area contributed by atoms with Gasteiger partial charge in [-0.3, -0.25) is 0 Å². The molecule has 2 N–H and O–H groups in total. The first-order valence-corrected chi connectivity index (χ1v) is 7.91. The molecule has 0 saturated heterocycles. The summed E-state index contributed by atoms with van der Waals surface area (Å²) in [4.78, 5) is 15.8. The van der Waals surface area contributed by atoms with Crippen molar-refractivity contribution in [3.8, 4) is 0 Å². The van der Waals surface area contributed by atoms with Crippen molar-refractivity contribution < 1.29 is 9.32 Å². The van der Waals surface area contributed by atoms with Crippen LogP contribution >= 0.6 is 0 Å². The molecule has 2 aromatic rings. The van der Waals surface area contributed by atoms with Crippen LogP contribution in [-0.2, 0) is 12.8 Å². The van der Waals surface area contributed by atoms with Crippen LogP contribution in [0.2, 0.25) is 0 Å². The average Bonchev–Trinajstić information content (AvgIpc) is 2.88. The van der Waals surface area contributed by atoms with Crippen LogP contribution in [0.5, 0.6) is 0 Å². The molecule has 0 atom stereocenters. The number of amides is 2. The van der Waals surface area contributed by atoms with Gasteiger partial charge in [-0.1, -0.05) is 34.5 Å². The molecular formula is C17H24N4O2. The zero-order chi connectivity index (χ0) is 16.7. The molecule has 2 amide bonds. The van der Waals surface area contributed by atoms with Gasteiger partial charge < -0.3 is 15.2 Å². The van der Waals surface area contributed by atoms with Crippen LogP contribution < -0.4 is 10.6 Å². The van der Waals surface area contributed by atoms with Crippen molar-refractivity contribution in [2.45, 2.75) is 40.0 Å². The summed E-state index contributed by atoms with van der Waals surface area (Å²) in [5.41, 5.74) is 3.75. The van der Waals surface area contributed by atoms with Gasteiger partial charge >= 0.3 is 6.03 Å². The zero-order valence-electron chi connectivity index (χ0n) is 14.0. The van der Waals surface area contributed by atoms with Crippen LogP contribution in [0, 0.1) is 20.8 Å². The number of aryl methyl sites for hydroxylation is 4.